The van der Waals surface area contributed by atoms with Gasteiger partial charge in [0.15, 0.2) is 4.77 Å². The molecule has 2 heterocycles. The Morgan fingerprint density at radius 2 is 2.21 bits per heavy atom. The van der Waals surface area contributed by atoms with E-state index in [-0.39, 0.29) is 0 Å². The van der Waals surface area contributed by atoms with Gasteiger partial charge in [0.2, 0.25) is 0 Å². The molecule has 0 bridgehead atoms. The summed E-state index contributed by atoms with van der Waals surface area (Å²) < 4.78 is 5.95. The quantitative estimate of drug-likeness (QED) is 0.544. The number of rotatable bonds is 2. The molecule has 1 N–H and O–H groups in total. The summed E-state index contributed by atoms with van der Waals surface area (Å²) >= 11 is 7.73. The van der Waals surface area contributed by atoms with Crippen LogP contribution in [0.4, 0.5) is 0 Å². The number of nitrogens with one attached hydrogen (secondary N) is 1. The van der Waals surface area contributed by atoms with Crippen molar-refractivity contribution in [3.63, 3.8) is 0 Å². The summed E-state index contributed by atoms with van der Waals surface area (Å²) in [7, 11) is 1.95. The lowest BCUT2D eigenvalue weighted by Crippen LogP contribution is -2.01. The molecule has 0 fully saturated rings. The SMILES string of the molecule is Cc1c(Cn2c(=S)[nH]c3cc(I)ccc32)cnn1C. The number of imidazole rings is 1. The summed E-state index contributed by atoms with van der Waals surface area (Å²) in [6.07, 6.45) is 1.91. The Labute approximate surface area is 129 Å². The first-order valence-electron chi connectivity index (χ1n) is 5.92. The zero-order valence-electron chi connectivity index (χ0n) is 10.6. The lowest BCUT2D eigenvalue weighted by atomic mass is 10.2. The molecule has 4 nitrogen and oxygen atoms in total. The fourth-order valence-corrected chi connectivity index (χ4v) is 2.93. The van der Waals surface area contributed by atoms with Gasteiger partial charge in [0, 0.05) is 21.9 Å². The van der Waals surface area contributed by atoms with Gasteiger partial charge in [-0.1, -0.05) is 0 Å². The van der Waals surface area contributed by atoms with Crippen LogP contribution in [0.3, 0.4) is 0 Å². The molecule has 3 aromatic rings. The number of halogens is 1. The van der Waals surface area contributed by atoms with Crippen LogP contribution < -0.4 is 0 Å². The summed E-state index contributed by atoms with van der Waals surface area (Å²) in [5.74, 6) is 0. The van der Waals surface area contributed by atoms with Crippen LogP contribution in [0, 0.1) is 15.3 Å². The summed E-state index contributed by atoms with van der Waals surface area (Å²) in [6, 6.07) is 6.31. The molecule has 0 saturated heterocycles. The van der Waals surface area contributed by atoms with Crippen molar-refractivity contribution in [2.24, 2.45) is 7.05 Å². The maximum absolute atomic E-state index is 5.42. The van der Waals surface area contributed by atoms with E-state index < -0.39 is 0 Å². The molecule has 2 aromatic heterocycles. The minimum atomic E-state index is 0.749. The Hall–Kier alpha value is -1.15. The first-order valence-corrected chi connectivity index (χ1v) is 7.40. The van der Waals surface area contributed by atoms with E-state index in [0.29, 0.717) is 0 Å². The fourth-order valence-electron chi connectivity index (χ4n) is 2.16. The van der Waals surface area contributed by atoms with Crippen LogP contribution in [0.15, 0.2) is 24.4 Å². The first kappa shape index (κ1) is 12.9. The van der Waals surface area contributed by atoms with E-state index >= 15 is 0 Å². The predicted octanol–water partition coefficient (Wildman–Crippen LogP) is 3.39. The molecule has 0 aliphatic carbocycles. The molecular formula is C13H13IN4S. The average Bonchev–Trinajstić information content (AvgIpc) is 2.84. The summed E-state index contributed by atoms with van der Waals surface area (Å²) in [5, 5.41) is 4.28. The number of aryl methyl sites for hydroxylation is 1. The molecule has 0 aliphatic rings. The molecule has 98 valence electrons. The lowest BCUT2D eigenvalue weighted by molar-refractivity contribution is 0.732. The third-order valence-electron chi connectivity index (χ3n) is 3.40. The van der Waals surface area contributed by atoms with Crippen LogP contribution in [-0.4, -0.2) is 19.3 Å². The van der Waals surface area contributed by atoms with Crippen molar-refractivity contribution in [1.82, 2.24) is 19.3 Å². The molecule has 0 amide bonds. The van der Waals surface area contributed by atoms with Gasteiger partial charge in [-0.3, -0.25) is 4.68 Å². The molecule has 0 saturated carbocycles. The van der Waals surface area contributed by atoms with E-state index in [0.717, 1.165) is 22.3 Å². The Bertz CT molecular complexity index is 812. The molecule has 0 aliphatic heterocycles. The van der Waals surface area contributed by atoms with Gasteiger partial charge in [-0.05, 0) is 59.9 Å². The van der Waals surface area contributed by atoms with E-state index in [1.54, 1.807) is 0 Å². The van der Waals surface area contributed by atoms with Crippen molar-refractivity contribution in [1.29, 1.82) is 0 Å². The average molecular weight is 384 g/mol. The largest absolute Gasteiger partial charge is 0.331 e. The summed E-state index contributed by atoms with van der Waals surface area (Å²) in [4.78, 5) is 3.26. The van der Waals surface area contributed by atoms with Crippen LogP contribution in [0.2, 0.25) is 0 Å². The van der Waals surface area contributed by atoms with Crippen LogP contribution >= 0.6 is 34.8 Å². The lowest BCUT2D eigenvalue weighted by Gasteiger charge is -2.04. The normalized spacial score (nSPS) is 11.3. The van der Waals surface area contributed by atoms with Crippen molar-refractivity contribution >= 4 is 45.8 Å². The smallest absolute Gasteiger partial charge is 0.178 e. The highest BCUT2D eigenvalue weighted by atomic mass is 127. The molecule has 0 unspecified atom stereocenters. The number of H-pyrrole nitrogens is 1. The minimum Gasteiger partial charge on any atom is -0.331 e. The third kappa shape index (κ3) is 2.23. The second-order valence-electron chi connectivity index (χ2n) is 4.56. The number of fused-ring (bicyclic) bond motifs is 1. The van der Waals surface area contributed by atoms with E-state index in [1.807, 2.05) is 17.9 Å². The molecule has 3 rings (SSSR count). The summed E-state index contributed by atoms with van der Waals surface area (Å²) in [5.41, 5.74) is 4.58. The number of aromatic amines is 1. The van der Waals surface area contributed by atoms with Gasteiger partial charge in [-0.2, -0.15) is 5.10 Å². The van der Waals surface area contributed by atoms with Crippen molar-refractivity contribution in [3.8, 4) is 0 Å². The van der Waals surface area contributed by atoms with Gasteiger partial charge in [-0.25, -0.2) is 0 Å². The zero-order chi connectivity index (χ0) is 13.6. The molecule has 0 spiro atoms. The molecule has 6 heteroatoms. The van der Waals surface area contributed by atoms with Crippen molar-refractivity contribution < 1.29 is 0 Å². The van der Waals surface area contributed by atoms with Crippen molar-refractivity contribution in [3.05, 3.63) is 44.0 Å². The number of hydrogen-bond acceptors (Lipinski definition) is 2. The summed E-state index contributed by atoms with van der Waals surface area (Å²) in [6.45, 7) is 2.82. The van der Waals surface area contributed by atoms with Crippen LogP contribution in [-0.2, 0) is 13.6 Å². The van der Waals surface area contributed by atoms with E-state index in [1.165, 1.54) is 14.8 Å². The Morgan fingerprint density at radius 3 is 2.89 bits per heavy atom. The molecule has 0 atom stereocenters. The Morgan fingerprint density at radius 1 is 1.42 bits per heavy atom. The minimum absolute atomic E-state index is 0.749. The predicted molar refractivity (Wildman–Crippen MR) is 86.9 cm³/mol. The van der Waals surface area contributed by atoms with Gasteiger partial charge in [0.05, 0.1) is 23.8 Å². The van der Waals surface area contributed by atoms with Crippen molar-refractivity contribution in [2.45, 2.75) is 13.5 Å². The maximum atomic E-state index is 5.42. The molecule has 0 radical (unpaired) electrons. The first-order chi connectivity index (χ1) is 9.06. The Balaban J connectivity index is 2.13. The number of nitrogens with zero attached hydrogens (tertiary/aromatic N) is 3. The zero-order valence-corrected chi connectivity index (χ0v) is 13.6. The number of aromatic nitrogens is 4. The second-order valence-corrected chi connectivity index (χ2v) is 6.19. The Kier molecular flexibility index (Phi) is 3.22. The second kappa shape index (κ2) is 4.75. The monoisotopic (exact) mass is 384 g/mol. The number of hydrogen-bond donors (Lipinski definition) is 1. The number of benzene rings is 1. The van der Waals surface area contributed by atoms with Crippen LogP contribution in [0.25, 0.3) is 11.0 Å². The van der Waals surface area contributed by atoms with Gasteiger partial charge >= 0.3 is 0 Å². The van der Waals surface area contributed by atoms with E-state index in [4.69, 9.17) is 12.2 Å². The van der Waals surface area contributed by atoms with Gasteiger partial charge in [0.25, 0.3) is 0 Å². The highest BCUT2D eigenvalue weighted by Gasteiger charge is 2.09. The van der Waals surface area contributed by atoms with Gasteiger partial charge < -0.3 is 9.55 Å². The van der Waals surface area contributed by atoms with E-state index in [2.05, 4.69) is 62.4 Å². The van der Waals surface area contributed by atoms with E-state index in [9.17, 15) is 0 Å². The molecular weight excluding hydrogens is 371 g/mol. The highest BCUT2D eigenvalue weighted by molar-refractivity contribution is 14.1. The molecule has 19 heavy (non-hydrogen) atoms. The topological polar surface area (TPSA) is 38.5 Å². The van der Waals surface area contributed by atoms with Gasteiger partial charge in [0.1, 0.15) is 0 Å². The van der Waals surface area contributed by atoms with Crippen molar-refractivity contribution in [2.75, 3.05) is 0 Å². The fraction of sp³-hybridized carbons (Fsp3) is 0.231. The third-order valence-corrected chi connectivity index (χ3v) is 4.39. The highest BCUT2D eigenvalue weighted by Crippen LogP contribution is 2.19. The van der Waals surface area contributed by atoms with Crippen LogP contribution in [0.1, 0.15) is 11.3 Å². The maximum Gasteiger partial charge on any atom is 0.178 e. The van der Waals surface area contributed by atoms with Gasteiger partial charge in [-0.15, -0.1) is 0 Å². The molecule has 1 aromatic carbocycles. The van der Waals surface area contributed by atoms with Crippen LogP contribution in [0.5, 0.6) is 0 Å². The standard InChI is InChI=1S/C13H13IN4S/c1-8-9(6-15-17(8)2)7-18-12-4-3-10(14)5-11(12)16-13(18)19/h3-6H,7H2,1-2H3,(H,16,19).